The van der Waals surface area contributed by atoms with Gasteiger partial charge in [0, 0.05) is 12.6 Å². The molecule has 2 rings (SSSR count). The summed E-state index contributed by atoms with van der Waals surface area (Å²) in [4.78, 5) is 11.3. The van der Waals surface area contributed by atoms with E-state index in [1.54, 1.807) is 12.1 Å². The molecule has 1 aliphatic heterocycles. The summed E-state index contributed by atoms with van der Waals surface area (Å²) in [5.41, 5.74) is 1.01. The Morgan fingerprint density at radius 3 is 2.75 bits per heavy atom. The maximum atomic E-state index is 12.7. The Kier molecular flexibility index (Phi) is 3.19. The zero-order chi connectivity index (χ0) is 11.5. The van der Waals surface area contributed by atoms with Crippen LogP contribution in [0.25, 0.3) is 0 Å². The van der Waals surface area contributed by atoms with Crippen LogP contribution in [0, 0.1) is 11.7 Å². The van der Waals surface area contributed by atoms with Crippen LogP contribution in [0.2, 0.25) is 0 Å². The van der Waals surface area contributed by atoms with Gasteiger partial charge in [0.25, 0.3) is 0 Å². The summed E-state index contributed by atoms with van der Waals surface area (Å²) in [5, 5.41) is 3.23. The van der Waals surface area contributed by atoms with Crippen molar-refractivity contribution in [3.63, 3.8) is 0 Å². The molecule has 0 radical (unpaired) electrons. The molecule has 86 valence electrons. The number of ether oxygens (including phenoxy) is 1. The van der Waals surface area contributed by atoms with Gasteiger partial charge in [-0.05, 0) is 24.1 Å². The molecule has 3 nitrogen and oxygen atoms in total. The zero-order valence-corrected chi connectivity index (χ0v) is 9.07. The molecule has 0 aliphatic carbocycles. The summed E-state index contributed by atoms with van der Waals surface area (Å²) in [6.07, 6.45) is 0.707. The monoisotopic (exact) mass is 223 g/mol. The molecule has 0 amide bonds. The van der Waals surface area contributed by atoms with Gasteiger partial charge in [-0.2, -0.15) is 0 Å². The van der Waals surface area contributed by atoms with Crippen LogP contribution in [-0.2, 0) is 9.53 Å². The van der Waals surface area contributed by atoms with Gasteiger partial charge in [-0.1, -0.05) is 12.1 Å². The van der Waals surface area contributed by atoms with Gasteiger partial charge >= 0.3 is 5.97 Å². The Bertz CT molecular complexity index is 377. The molecule has 0 bridgehead atoms. The lowest BCUT2D eigenvalue weighted by Crippen LogP contribution is -2.19. The summed E-state index contributed by atoms with van der Waals surface area (Å²) in [7, 11) is 1.40. The quantitative estimate of drug-likeness (QED) is 0.775. The Hall–Kier alpha value is -1.42. The van der Waals surface area contributed by atoms with E-state index in [1.165, 1.54) is 19.2 Å². The average Bonchev–Trinajstić information content (AvgIpc) is 2.78. The van der Waals surface area contributed by atoms with E-state index in [1.807, 2.05) is 0 Å². The molecular formula is C12H14FNO2. The molecule has 1 aromatic carbocycles. The van der Waals surface area contributed by atoms with E-state index in [0.29, 0.717) is 13.0 Å². The highest BCUT2D eigenvalue weighted by Crippen LogP contribution is 2.27. The smallest absolute Gasteiger partial charge is 0.310 e. The zero-order valence-electron chi connectivity index (χ0n) is 9.07. The highest BCUT2D eigenvalue weighted by Gasteiger charge is 2.30. The lowest BCUT2D eigenvalue weighted by atomic mass is 10.0. The largest absolute Gasteiger partial charge is 0.469 e. The summed E-state index contributed by atoms with van der Waals surface area (Å²) in [6.45, 7) is 0.620. The van der Waals surface area contributed by atoms with Crippen LogP contribution in [0.5, 0.6) is 0 Å². The number of nitrogens with one attached hydrogen (secondary N) is 1. The minimum Gasteiger partial charge on any atom is -0.469 e. The van der Waals surface area contributed by atoms with Crippen LogP contribution < -0.4 is 5.32 Å². The van der Waals surface area contributed by atoms with Gasteiger partial charge in [0.15, 0.2) is 0 Å². The normalized spacial score (nSPS) is 24.4. The third-order valence-electron chi connectivity index (χ3n) is 2.94. The number of esters is 1. The summed E-state index contributed by atoms with van der Waals surface area (Å²) in [6, 6.07) is 6.47. The van der Waals surface area contributed by atoms with Crippen molar-refractivity contribution in [2.24, 2.45) is 5.92 Å². The molecule has 0 spiro atoms. The second kappa shape index (κ2) is 4.61. The van der Waals surface area contributed by atoms with Gasteiger partial charge < -0.3 is 10.1 Å². The first-order chi connectivity index (χ1) is 7.70. The topological polar surface area (TPSA) is 38.3 Å². The van der Waals surface area contributed by atoms with Crippen molar-refractivity contribution >= 4 is 5.97 Å². The maximum Gasteiger partial charge on any atom is 0.310 e. The molecule has 2 atom stereocenters. The molecule has 1 fully saturated rings. The average molecular weight is 223 g/mol. The van der Waals surface area contributed by atoms with Crippen molar-refractivity contribution < 1.29 is 13.9 Å². The highest BCUT2D eigenvalue weighted by atomic mass is 19.1. The Balaban J connectivity index is 2.03. The third kappa shape index (κ3) is 2.22. The van der Waals surface area contributed by atoms with E-state index in [0.717, 1.165) is 5.56 Å². The predicted octanol–water partition coefficient (Wildman–Crippen LogP) is 1.65. The summed E-state index contributed by atoms with van der Waals surface area (Å²) >= 11 is 0. The predicted molar refractivity (Wildman–Crippen MR) is 57.3 cm³/mol. The molecule has 1 aliphatic rings. The first-order valence-electron chi connectivity index (χ1n) is 5.27. The van der Waals surface area contributed by atoms with Gasteiger partial charge in [-0.25, -0.2) is 4.39 Å². The number of benzene rings is 1. The van der Waals surface area contributed by atoms with E-state index < -0.39 is 0 Å². The van der Waals surface area contributed by atoms with Crippen molar-refractivity contribution in [1.82, 2.24) is 5.32 Å². The number of methoxy groups -OCH3 is 1. The second-order valence-electron chi connectivity index (χ2n) is 3.97. The van der Waals surface area contributed by atoms with E-state index in [2.05, 4.69) is 5.32 Å². The Morgan fingerprint density at radius 2 is 2.12 bits per heavy atom. The van der Waals surface area contributed by atoms with Crippen molar-refractivity contribution in [2.45, 2.75) is 12.5 Å². The molecule has 1 N–H and O–H groups in total. The van der Waals surface area contributed by atoms with Gasteiger partial charge in [0.2, 0.25) is 0 Å². The molecule has 0 saturated carbocycles. The number of carbonyl (C=O) groups is 1. The number of carbonyl (C=O) groups excluding carboxylic acids is 1. The van der Waals surface area contributed by atoms with Gasteiger partial charge in [0.1, 0.15) is 5.82 Å². The van der Waals surface area contributed by atoms with Crippen LogP contribution >= 0.6 is 0 Å². The van der Waals surface area contributed by atoms with E-state index >= 15 is 0 Å². The van der Waals surface area contributed by atoms with Crippen molar-refractivity contribution in [3.05, 3.63) is 35.6 Å². The molecule has 4 heteroatoms. The number of hydrogen-bond donors (Lipinski definition) is 1. The van der Waals surface area contributed by atoms with Crippen molar-refractivity contribution in [3.8, 4) is 0 Å². The van der Waals surface area contributed by atoms with Gasteiger partial charge in [0.05, 0.1) is 13.0 Å². The molecule has 2 unspecified atom stereocenters. The molecular weight excluding hydrogens is 209 g/mol. The van der Waals surface area contributed by atoms with Crippen LogP contribution in [0.3, 0.4) is 0 Å². The SMILES string of the molecule is COC(=O)C1CNC(c2ccc(F)cc2)C1. The van der Waals surface area contributed by atoms with Crippen LogP contribution in [0.1, 0.15) is 18.0 Å². The van der Waals surface area contributed by atoms with Crippen LogP contribution in [-0.4, -0.2) is 19.6 Å². The summed E-state index contributed by atoms with van der Waals surface area (Å²) < 4.78 is 17.4. The lowest BCUT2D eigenvalue weighted by Gasteiger charge is -2.10. The van der Waals surface area contributed by atoms with Crippen molar-refractivity contribution in [1.29, 1.82) is 0 Å². The van der Waals surface area contributed by atoms with E-state index in [9.17, 15) is 9.18 Å². The number of halogens is 1. The maximum absolute atomic E-state index is 12.7. The molecule has 1 heterocycles. The summed E-state index contributed by atoms with van der Waals surface area (Å²) in [5.74, 6) is -0.525. The molecule has 1 saturated heterocycles. The van der Waals surface area contributed by atoms with E-state index in [-0.39, 0.29) is 23.7 Å². The molecule has 0 aromatic heterocycles. The first kappa shape index (κ1) is 11.1. The fourth-order valence-corrected chi connectivity index (χ4v) is 2.03. The minimum atomic E-state index is -0.244. The molecule has 16 heavy (non-hydrogen) atoms. The standard InChI is InChI=1S/C12H14FNO2/c1-16-12(15)9-6-11(14-7-9)8-2-4-10(13)5-3-8/h2-5,9,11,14H,6-7H2,1H3. The molecule has 1 aromatic rings. The first-order valence-corrected chi connectivity index (χ1v) is 5.27. The third-order valence-corrected chi connectivity index (χ3v) is 2.94. The van der Waals surface area contributed by atoms with Crippen LogP contribution in [0.15, 0.2) is 24.3 Å². The second-order valence-corrected chi connectivity index (χ2v) is 3.97. The fourth-order valence-electron chi connectivity index (χ4n) is 2.03. The lowest BCUT2D eigenvalue weighted by molar-refractivity contribution is -0.144. The number of rotatable bonds is 2. The Morgan fingerprint density at radius 1 is 1.44 bits per heavy atom. The fraction of sp³-hybridized carbons (Fsp3) is 0.417. The van der Waals surface area contributed by atoms with Crippen molar-refractivity contribution in [2.75, 3.05) is 13.7 Å². The van der Waals surface area contributed by atoms with Gasteiger partial charge in [-0.15, -0.1) is 0 Å². The van der Waals surface area contributed by atoms with Gasteiger partial charge in [-0.3, -0.25) is 4.79 Å². The van der Waals surface area contributed by atoms with Crippen LogP contribution in [0.4, 0.5) is 4.39 Å². The highest BCUT2D eigenvalue weighted by molar-refractivity contribution is 5.73. The Labute approximate surface area is 93.6 Å². The minimum absolute atomic E-state index is 0.0972. The number of hydrogen-bond acceptors (Lipinski definition) is 3. The van der Waals surface area contributed by atoms with E-state index in [4.69, 9.17) is 4.74 Å².